The van der Waals surface area contributed by atoms with Gasteiger partial charge in [0.25, 0.3) is 18.2 Å². The quantitative estimate of drug-likeness (QED) is 0.427. The summed E-state index contributed by atoms with van der Waals surface area (Å²) >= 11 is 4.06. The van der Waals surface area contributed by atoms with Gasteiger partial charge >= 0.3 is 0 Å². The summed E-state index contributed by atoms with van der Waals surface area (Å²) in [5.74, 6) is -1.14. The highest BCUT2D eigenvalue weighted by molar-refractivity contribution is 9.10. The first-order chi connectivity index (χ1) is 14.3. The normalized spacial score (nSPS) is 11.4. The molecule has 0 bridgehead atoms. The van der Waals surface area contributed by atoms with E-state index in [1.54, 1.807) is 19.2 Å². The molecule has 0 aliphatic heterocycles. The van der Waals surface area contributed by atoms with E-state index in [2.05, 4.69) is 31.3 Å². The number of aryl methyl sites for hydroxylation is 1. The number of primary amides is 1. The fourth-order valence-electron chi connectivity index (χ4n) is 2.99. The standard InChI is InChI=1S/C18H12BrF2N5O3S/c1-26-13(8(19)6-23-26)17(28)25-12-11-7(10-3-2-4-29-10)5-9(15(20)21)24-18(11)30-14(12)16(22)27/h2-6,15H,1H3,(H2,22,27)(H,25,28). The molecule has 0 fully saturated rings. The van der Waals surface area contributed by atoms with Gasteiger partial charge in [0, 0.05) is 18.0 Å². The summed E-state index contributed by atoms with van der Waals surface area (Å²) in [5.41, 5.74) is 5.52. The molecule has 0 saturated carbocycles. The number of nitrogens with one attached hydrogen (secondary N) is 1. The molecule has 4 aromatic rings. The van der Waals surface area contributed by atoms with E-state index in [1.165, 1.54) is 23.2 Å². The number of rotatable bonds is 5. The third-order valence-electron chi connectivity index (χ3n) is 4.26. The minimum absolute atomic E-state index is 0.0247. The van der Waals surface area contributed by atoms with Gasteiger partial charge in [-0.05, 0) is 34.1 Å². The maximum absolute atomic E-state index is 13.4. The average Bonchev–Trinajstić information content (AvgIpc) is 3.40. The number of hydrogen-bond acceptors (Lipinski definition) is 6. The van der Waals surface area contributed by atoms with Crippen LogP contribution in [0.25, 0.3) is 21.5 Å². The Morgan fingerprint density at radius 3 is 2.73 bits per heavy atom. The van der Waals surface area contributed by atoms with Crippen LogP contribution < -0.4 is 11.1 Å². The Hall–Kier alpha value is -3.12. The third kappa shape index (κ3) is 3.37. The molecular weight excluding hydrogens is 484 g/mol. The molecule has 2 amide bonds. The van der Waals surface area contributed by atoms with Crippen LogP contribution in [0.3, 0.4) is 0 Å². The monoisotopic (exact) mass is 495 g/mol. The number of halogens is 3. The molecule has 3 N–H and O–H groups in total. The highest BCUT2D eigenvalue weighted by Gasteiger charge is 2.27. The zero-order valence-corrected chi connectivity index (χ0v) is 17.6. The first-order valence-electron chi connectivity index (χ1n) is 8.36. The molecule has 0 atom stereocenters. The van der Waals surface area contributed by atoms with E-state index in [4.69, 9.17) is 10.2 Å². The Morgan fingerprint density at radius 2 is 2.17 bits per heavy atom. The maximum atomic E-state index is 13.4. The number of alkyl halides is 2. The summed E-state index contributed by atoms with van der Waals surface area (Å²) in [6, 6.07) is 4.34. The van der Waals surface area contributed by atoms with Crippen LogP contribution in [0.1, 0.15) is 32.3 Å². The number of aromatic nitrogens is 3. The molecule has 12 heteroatoms. The number of thiophene rings is 1. The molecule has 8 nitrogen and oxygen atoms in total. The molecule has 0 radical (unpaired) electrons. The van der Waals surface area contributed by atoms with Crippen LogP contribution in [0.15, 0.2) is 39.5 Å². The van der Waals surface area contributed by atoms with Gasteiger partial charge in [0.2, 0.25) is 0 Å². The number of nitrogens with two attached hydrogens (primary N) is 1. The van der Waals surface area contributed by atoms with Crippen molar-refractivity contribution in [1.29, 1.82) is 0 Å². The Morgan fingerprint density at radius 1 is 1.40 bits per heavy atom. The molecule has 4 heterocycles. The molecule has 0 spiro atoms. The summed E-state index contributed by atoms with van der Waals surface area (Å²) in [6.45, 7) is 0. The molecule has 0 aromatic carbocycles. The Labute approximate surface area is 179 Å². The lowest BCUT2D eigenvalue weighted by atomic mass is 10.1. The number of carbonyl (C=O) groups is 2. The van der Waals surface area contributed by atoms with Gasteiger partial charge in [-0.2, -0.15) is 5.10 Å². The van der Waals surface area contributed by atoms with Gasteiger partial charge in [0.15, 0.2) is 0 Å². The summed E-state index contributed by atoms with van der Waals surface area (Å²) in [4.78, 5) is 29.0. The van der Waals surface area contributed by atoms with E-state index in [0.717, 1.165) is 11.3 Å². The Balaban J connectivity index is 1.97. The number of anilines is 1. The van der Waals surface area contributed by atoms with Gasteiger partial charge in [-0.15, -0.1) is 11.3 Å². The van der Waals surface area contributed by atoms with Gasteiger partial charge in [-0.25, -0.2) is 13.8 Å². The summed E-state index contributed by atoms with van der Waals surface area (Å²) in [5, 5.41) is 6.92. The molecule has 0 saturated heterocycles. The predicted octanol–water partition coefficient (Wildman–Crippen LogP) is 4.34. The average molecular weight is 496 g/mol. The lowest BCUT2D eigenvalue weighted by Crippen LogP contribution is -2.19. The van der Waals surface area contributed by atoms with E-state index >= 15 is 0 Å². The number of carbonyl (C=O) groups excluding carboxylic acids is 2. The predicted molar refractivity (Wildman–Crippen MR) is 110 cm³/mol. The molecule has 4 aromatic heterocycles. The zero-order valence-electron chi connectivity index (χ0n) is 15.1. The van der Waals surface area contributed by atoms with Crippen LogP contribution in [0.4, 0.5) is 14.5 Å². The highest BCUT2D eigenvalue weighted by Crippen LogP contribution is 2.42. The summed E-state index contributed by atoms with van der Waals surface area (Å²) in [6.07, 6.45) is -0.0122. The van der Waals surface area contributed by atoms with Crippen LogP contribution >= 0.6 is 27.3 Å². The molecule has 0 aliphatic carbocycles. The first-order valence-corrected chi connectivity index (χ1v) is 9.97. The van der Waals surface area contributed by atoms with Gasteiger partial charge < -0.3 is 15.5 Å². The van der Waals surface area contributed by atoms with E-state index in [-0.39, 0.29) is 37.8 Å². The fourth-order valence-corrected chi connectivity index (χ4v) is 4.53. The molecule has 30 heavy (non-hydrogen) atoms. The van der Waals surface area contributed by atoms with E-state index in [0.29, 0.717) is 4.47 Å². The van der Waals surface area contributed by atoms with E-state index < -0.39 is 23.9 Å². The van der Waals surface area contributed by atoms with Crippen molar-refractivity contribution in [3.05, 3.63) is 51.4 Å². The molecule has 154 valence electrons. The third-order valence-corrected chi connectivity index (χ3v) is 5.94. The maximum Gasteiger partial charge on any atom is 0.280 e. The molecule has 0 unspecified atom stereocenters. The lowest BCUT2D eigenvalue weighted by Gasteiger charge is -2.10. The number of furan rings is 1. The van der Waals surface area contributed by atoms with Crippen LogP contribution in [0.2, 0.25) is 0 Å². The number of amides is 2. The fraction of sp³-hybridized carbons (Fsp3) is 0.111. The minimum Gasteiger partial charge on any atom is -0.464 e. The summed E-state index contributed by atoms with van der Waals surface area (Å²) < 4.78 is 34.0. The molecule has 4 rings (SSSR count). The second-order valence-electron chi connectivity index (χ2n) is 6.14. The SMILES string of the molecule is Cn1ncc(Br)c1C(=O)Nc1c(C(N)=O)sc2nc(C(F)F)cc(-c3ccco3)c12. The smallest absolute Gasteiger partial charge is 0.280 e. The van der Waals surface area contributed by atoms with Gasteiger partial charge in [0.05, 0.1) is 22.6 Å². The van der Waals surface area contributed by atoms with Gasteiger partial charge in [-0.1, -0.05) is 0 Å². The second-order valence-corrected chi connectivity index (χ2v) is 8.00. The van der Waals surface area contributed by atoms with Crippen LogP contribution in [-0.2, 0) is 7.05 Å². The number of nitrogens with zero attached hydrogens (tertiary/aromatic N) is 3. The van der Waals surface area contributed by atoms with Crippen molar-refractivity contribution >= 4 is 55.0 Å². The molecule has 0 aliphatic rings. The van der Waals surface area contributed by atoms with E-state index in [1.807, 2.05) is 0 Å². The van der Waals surface area contributed by atoms with Crippen molar-refractivity contribution in [3.8, 4) is 11.3 Å². The second kappa shape index (κ2) is 7.61. The van der Waals surface area contributed by atoms with Crippen molar-refractivity contribution in [2.45, 2.75) is 6.43 Å². The van der Waals surface area contributed by atoms with Crippen LogP contribution in [-0.4, -0.2) is 26.6 Å². The largest absolute Gasteiger partial charge is 0.464 e. The number of pyridine rings is 1. The van der Waals surface area contributed by atoms with Crippen molar-refractivity contribution in [3.63, 3.8) is 0 Å². The highest BCUT2D eigenvalue weighted by atomic mass is 79.9. The Kier molecular flexibility index (Phi) is 5.12. The minimum atomic E-state index is -2.84. The van der Waals surface area contributed by atoms with Gasteiger partial charge in [-0.3, -0.25) is 14.3 Å². The van der Waals surface area contributed by atoms with Crippen LogP contribution in [0.5, 0.6) is 0 Å². The number of fused-ring (bicyclic) bond motifs is 1. The van der Waals surface area contributed by atoms with Gasteiger partial charge in [0.1, 0.15) is 26.9 Å². The lowest BCUT2D eigenvalue weighted by molar-refractivity contribution is 0.100. The van der Waals surface area contributed by atoms with Crippen molar-refractivity contribution in [1.82, 2.24) is 14.8 Å². The van der Waals surface area contributed by atoms with Crippen molar-refractivity contribution < 1.29 is 22.8 Å². The topological polar surface area (TPSA) is 116 Å². The van der Waals surface area contributed by atoms with Crippen molar-refractivity contribution in [2.75, 3.05) is 5.32 Å². The molecular formula is C18H12BrF2N5O3S. The first kappa shape index (κ1) is 20.2. The zero-order chi connectivity index (χ0) is 21.6. The summed E-state index contributed by atoms with van der Waals surface area (Å²) in [7, 11) is 1.57. The van der Waals surface area contributed by atoms with E-state index in [9.17, 15) is 18.4 Å². The van der Waals surface area contributed by atoms with Crippen molar-refractivity contribution in [2.24, 2.45) is 12.8 Å². The van der Waals surface area contributed by atoms with Crippen LogP contribution in [0, 0.1) is 0 Å². The number of hydrogen-bond donors (Lipinski definition) is 2. The Bertz CT molecular complexity index is 1260.